The van der Waals surface area contributed by atoms with Crippen molar-refractivity contribution in [3.05, 3.63) is 48.2 Å². The smallest absolute Gasteiger partial charge is 0.212 e. The minimum Gasteiger partial charge on any atom is -0.481 e. The normalized spacial score (nSPS) is 11.9. The Hall–Kier alpha value is -2.30. The number of ether oxygens (including phenoxy) is 1. The lowest BCUT2D eigenvalue weighted by atomic mass is 9.92. The molecular formula is C14H16N4O. The molecule has 0 amide bonds. The maximum absolute atomic E-state index is 8.24. The van der Waals surface area contributed by atoms with Crippen molar-refractivity contribution >= 4 is 5.71 Å². The number of hydrogen-bond donors (Lipinski definition) is 1. The van der Waals surface area contributed by atoms with Gasteiger partial charge in [0.2, 0.25) is 5.88 Å². The van der Waals surface area contributed by atoms with Crippen molar-refractivity contribution in [2.45, 2.75) is 19.3 Å². The van der Waals surface area contributed by atoms with Crippen molar-refractivity contribution in [2.24, 2.45) is 0 Å². The first-order valence-electron chi connectivity index (χ1n) is 6.12. The molecular weight excluding hydrogens is 240 g/mol. The summed E-state index contributed by atoms with van der Waals surface area (Å²) in [6.07, 6.45) is 5.83. The number of pyridine rings is 1. The molecule has 2 aromatic heterocycles. The Morgan fingerprint density at radius 3 is 2.53 bits per heavy atom. The molecule has 1 unspecified atom stereocenters. The van der Waals surface area contributed by atoms with Crippen LogP contribution < -0.4 is 4.74 Å². The molecule has 5 heteroatoms. The number of hydrogen-bond acceptors (Lipinski definition) is 5. The maximum Gasteiger partial charge on any atom is 0.212 e. The van der Waals surface area contributed by atoms with Gasteiger partial charge in [-0.15, -0.1) is 0 Å². The van der Waals surface area contributed by atoms with Crippen molar-refractivity contribution in [1.29, 1.82) is 5.41 Å². The zero-order chi connectivity index (χ0) is 13.7. The van der Waals surface area contributed by atoms with E-state index in [9.17, 15) is 0 Å². The van der Waals surface area contributed by atoms with Gasteiger partial charge in [-0.3, -0.25) is 0 Å². The van der Waals surface area contributed by atoms with Crippen molar-refractivity contribution < 1.29 is 4.74 Å². The Morgan fingerprint density at radius 2 is 2.00 bits per heavy atom. The standard InChI is InChI=1S/C14H16N4O/c1-3-11(10-5-6-12(19-2)18-9-10)13(15)14-16-7-4-8-17-14/h4-9,11,15H,3H2,1-2H3. The average Bonchev–Trinajstić information content (AvgIpc) is 2.49. The van der Waals surface area contributed by atoms with Crippen LogP contribution in [-0.4, -0.2) is 27.8 Å². The molecule has 0 aliphatic carbocycles. The molecule has 98 valence electrons. The van der Waals surface area contributed by atoms with Crippen LogP contribution in [0.15, 0.2) is 36.8 Å². The molecule has 1 atom stereocenters. The molecule has 0 spiro atoms. The molecule has 0 fully saturated rings. The summed E-state index contributed by atoms with van der Waals surface area (Å²) in [7, 11) is 1.58. The predicted octanol–water partition coefficient (Wildman–Crippen LogP) is 2.44. The third kappa shape index (κ3) is 2.93. The first-order valence-corrected chi connectivity index (χ1v) is 6.12. The maximum atomic E-state index is 8.24. The van der Waals surface area contributed by atoms with Crippen LogP contribution in [0.3, 0.4) is 0 Å². The lowest BCUT2D eigenvalue weighted by Gasteiger charge is -2.15. The number of rotatable bonds is 5. The fourth-order valence-corrected chi connectivity index (χ4v) is 1.92. The molecule has 0 aromatic carbocycles. The van der Waals surface area contributed by atoms with Crippen LogP contribution in [-0.2, 0) is 0 Å². The Balaban J connectivity index is 2.26. The first kappa shape index (κ1) is 13.1. The molecule has 0 aliphatic heterocycles. The second kappa shape index (κ2) is 6.04. The van der Waals surface area contributed by atoms with Crippen LogP contribution in [0.2, 0.25) is 0 Å². The molecule has 0 radical (unpaired) electrons. The zero-order valence-electron chi connectivity index (χ0n) is 11.0. The second-order valence-electron chi connectivity index (χ2n) is 4.08. The van der Waals surface area contributed by atoms with E-state index in [-0.39, 0.29) is 5.92 Å². The Kier molecular flexibility index (Phi) is 4.18. The van der Waals surface area contributed by atoms with Crippen molar-refractivity contribution in [1.82, 2.24) is 15.0 Å². The van der Waals surface area contributed by atoms with Gasteiger partial charge in [-0.1, -0.05) is 13.0 Å². The van der Waals surface area contributed by atoms with Crippen LogP contribution >= 0.6 is 0 Å². The molecule has 5 nitrogen and oxygen atoms in total. The van der Waals surface area contributed by atoms with Gasteiger partial charge < -0.3 is 10.1 Å². The highest BCUT2D eigenvalue weighted by Crippen LogP contribution is 2.23. The molecule has 0 bridgehead atoms. The van der Waals surface area contributed by atoms with E-state index in [1.807, 2.05) is 13.0 Å². The fraction of sp³-hybridized carbons (Fsp3) is 0.286. The van der Waals surface area contributed by atoms with E-state index in [1.54, 1.807) is 37.8 Å². The summed E-state index contributed by atoms with van der Waals surface area (Å²) in [6, 6.07) is 5.47. The van der Waals surface area contributed by atoms with E-state index in [0.29, 0.717) is 17.4 Å². The van der Waals surface area contributed by atoms with Crippen LogP contribution in [0.4, 0.5) is 0 Å². The summed E-state index contributed by atoms with van der Waals surface area (Å²) in [4.78, 5) is 12.4. The van der Waals surface area contributed by atoms with Gasteiger partial charge in [0.15, 0.2) is 5.82 Å². The van der Waals surface area contributed by atoms with Crippen molar-refractivity contribution in [3.8, 4) is 5.88 Å². The van der Waals surface area contributed by atoms with E-state index < -0.39 is 0 Å². The van der Waals surface area contributed by atoms with Gasteiger partial charge in [0.05, 0.1) is 12.8 Å². The second-order valence-corrected chi connectivity index (χ2v) is 4.08. The molecule has 1 N–H and O–H groups in total. The first-order chi connectivity index (χ1) is 9.26. The summed E-state index contributed by atoms with van der Waals surface area (Å²) in [5.74, 6) is 0.979. The Bertz CT molecular complexity index is 539. The van der Waals surface area contributed by atoms with Crippen molar-refractivity contribution in [2.75, 3.05) is 7.11 Å². The molecule has 0 saturated carbocycles. The van der Waals surface area contributed by atoms with Gasteiger partial charge in [-0.2, -0.15) is 0 Å². The topological polar surface area (TPSA) is 71.8 Å². The number of methoxy groups -OCH3 is 1. The highest BCUT2D eigenvalue weighted by molar-refractivity contribution is 5.99. The van der Waals surface area contributed by atoms with Crippen LogP contribution in [0, 0.1) is 5.41 Å². The fourth-order valence-electron chi connectivity index (χ4n) is 1.92. The highest BCUT2D eigenvalue weighted by Gasteiger charge is 2.19. The highest BCUT2D eigenvalue weighted by atomic mass is 16.5. The van der Waals surface area contributed by atoms with E-state index in [4.69, 9.17) is 10.1 Å². The Labute approximate surface area is 112 Å². The largest absolute Gasteiger partial charge is 0.481 e. The monoisotopic (exact) mass is 256 g/mol. The van der Waals surface area contributed by atoms with E-state index in [1.165, 1.54) is 0 Å². The average molecular weight is 256 g/mol. The molecule has 19 heavy (non-hydrogen) atoms. The van der Waals surface area contributed by atoms with Gasteiger partial charge in [0.1, 0.15) is 0 Å². The number of nitrogens with zero attached hydrogens (tertiary/aromatic N) is 3. The van der Waals surface area contributed by atoms with Crippen LogP contribution in [0.25, 0.3) is 0 Å². The number of nitrogens with one attached hydrogen (secondary N) is 1. The van der Waals surface area contributed by atoms with Gasteiger partial charge in [-0.25, -0.2) is 15.0 Å². The molecule has 0 saturated heterocycles. The molecule has 0 aliphatic rings. The number of aromatic nitrogens is 3. The van der Waals surface area contributed by atoms with Crippen LogP contribution in [0.1, 0.15) is 30.7 Å². The lowest BCUT2D eigenvalue weighted by molar-refractivity contribution is 0.397. The summed E-state index contributed by atoms with van der Waals surface area (Å²) >= 11 is 0. The third-order valence-corrected chi connectivity index (χ3v) is 2.93. The molecule has 2 heterocycles. The molecule has 2 rings (SSSR count). The lowest BCUT2D eigenvalue weighted by Crippen LogP contribution is -2.15. The summed E-state index contributed by atoms with van der Waals surface area (Å²) in [5, 5.41) is 8.24. The zero-order valence-corrected chi connectivity index (χ0v) is 11.0. The van der Waals surface area contributed by atoms with Gasteiger partial charge in [0, 0.05) is 30.6 Å². The predicted molar refractivity (Wildman–Crippen MR) is 72.7 cm³/mol. The van der Waals surface area contributed by atoms with Gasteiger partial charge in [0.25, 0.3) is 0 Å². The van der Waals surface area contributed by atoms with Gasteiger partial charge in [-0.05, 0) is 18.1 Å². The SMILES string of the molecule is CCC(C(=N)c1ncccn1)c1ccc(OC)nc1. The summed E-state index contributed by atoms with van der Waals surface area (Å²) in [6.45, 7) is 2.03. The van der Waals surface area contributed by atoms with Crippen molar-refractivity contribution in [3.63, 3.8) is 0 Å². The van der Waals surface area contributed by atoms with E-state index >= 15 is 0 Å². The molecule has 2 aromatic rings. The minimum absolute atomic E-state index is 0.0548. The van der Waals surface area contributed by atoms with E-state index in [2.05, 4.69) is 15.0 Å². The minimum atomic E-state index is -0.0548. The quantitative estimate of drug-likeness (QED) is 0.834. The summed E-state index contributed by atoms with van der Waals surface area (Å²) in [5.41, 5.74) is 1.39. The Morgan fingerprint density at radius 1 is 1.26 bits per heavy atom. The van der Waals surface area contributed by atoms with E-state index in [0.717, 1.165) is 12.0 Å². The summed E-state index contributed by atoms with van der Waals surface area (Å²) < 4.78 is 5.04. The van der Waals surface area contributed by atoms with Crippen LogP contribution in [0.5, 0.6) is 5.88 Å². The third-order valence-electron chi connectivity index (χ3n) is 2.93. The van der Waals surface area contributed by atoms with Gasteiger partial charge >= 0.3 is 0 Å².